The van der Waals surface area contributed by atoms with Gasteiger partial charge >= 0.3 is 0 Å². The maximum Gasteiger partial charge on any atom is 0.289 e. The molecule has 2 N–H and O–H groups in total. The summed E-state index contributed by atoms with van der Waals surface area (Å²) in [6, 6.07) is 15.4. The molecule has 5 rings (SSSR count). The molecule has 0 atom stereocenters. The van der Waals surface area contributed by atoms with Crippen molar-refractivity contribution in [1.29, 1.82) is 0 Å². The summed E-state index contributed by atoms with van der Waals surface area (Å²) in [5, 5.41) is 0. The van der Waals surface area contributed by atoms with Crippen molar-refractivity contribution in [1.82, 2.24) is 9.88 Å². The molecular formula is C28H30FN3O4. The van der Waals surface area contributed by atoms with Gasteiger partial charge in [-0.25, -0.2) is 4.39 Å². The fourth-order valence-electron chi connectivity index (χ4n) is 4.24. The Bertz CT molecular complexity index is 1180. The first kappa shape index (κ1) is 25.3. The lowest BCUT2D eigenvalue weighted by molar-refractivity contribution is -0.114. The average Bonchev–Trinajstić information content (AvgIpc) is 3.43. The lowest BCUT2D eigenvalue weighted by Gasteiger charge is -2.19. The number of pyridine rings is 1. The first-order valence-corrected chi connectivity index (χ1v) is 12.2. The number of carbonyl (C=O) groups excluding carboxylic acids is 2. The number of benzene rings is 2. The predicted molar refractivity (Wildman–Crippen MR) is 135 cm³/mol. The smallest absolute Gasteiger partial charge is 0.289 e. The SMILES string of the molecule is NC(=O)C(=O)c1ccc(-c2ccc(F)cn2)cc1.c1cc2c(cc1CCCN1CCCC1)OCCO2. The van der Waals surface area contributed by atoms with Crippen molar-refractivity contribution in [2.75, 3.05) is 32.8 Å². The molecule has 1 amide bonds. The maximum absolute atomic E-state index is 12.7. The van der Waals surface area contributed by atoms with E-state index in [1.807, 2.05) is 6.07 Å². The number of nitrogens with two attached hydrogens (primary N) is 1. The molecule has 0 bridgehead atoms. The third-order valence-corrected chi connectivity index (χ3v) is 6.14. The Morgan fingerprint density at radius 3 is 2.33 bits per heavy atom. The Labute approximate surface area is 210 Å². The Kier molecular flexibility index (Phi) is 8.62. The summed E-state index contributed by atoms with van der Waals surface area (Å²) in [6.45, 7) is 5.16. The van der Waals surface area contributed by atoms with Crippen LogP contribution in [0, 0.1) is 5.82 Å². The van der Waals surface area contributed by atoms with E-state index in [9.17, 15) is 14.0 Å². The van der Waals surface area contributed by atoms with Gasteiger partial charge in [-0.2, -0.15) is 0 Å². The number of Topliss-reactive ketones (excluding diaryl/α,β-unsaturated/α-hetero) is 1. The molecule has 1 aromatic heterocycles. The second-order valence-electron chi connectivity index (χ2n) is 8.76. The van der Waals surface area contributed by atoms with Gasteiger partial charge in [0.1, 0.15) is 19.0 Å². The van der Waals surface area contributed by atoms with E-state index in [0.717, 1.165) is 29.7 Å². The average molecular weight is 492 g/mol. The number of hydrogen-bond donors (Lipinski definition) is 1. The molecule has 7 nitrogen and oxygen atoms in total. The van der Waals surface area contributed by atoms with Gasteiger partial charge < -0.3 is 20.1 Å². The van der Waals surface area contributed by atoms with E-state index in [1.165, 1.54) is 68.7 Å². The zero-order valence-electron chi connectivity index (χ0n) is 20.1. The number of fused-ring (bicyclic) bond motifs is 1. The number of halogens is 1. The van der Waals surface area contributed by atoms with Crippen molar-refractivity contribution in [2.24, 2.45) is 5.73 Å². The first-order chi connectivity index (χ1) is 17.5. The number of nitrogens with zero attached hydrogens (tertiary/aromatic N) is 2. The van der Waals surface area contributed by atoms with Gasteiger partial charge in [0.15, 0.2) is 11.5 Å². The zero-order valence-corrected chi connectivity index (χ0v) is 20.1. The Hall–Kier alpha value is -3.78. The third kappa shape index (κ3) is 6.88. The molecule has 188 valence electrons. The monoisotopic (exact) mass is 491 g/mol. The second kappa shape index (κ2) is 12.3. The van der Waals surface area contributed by atoms with Gasteiger partial charge in [0, 0.05) is 11.1 Å². The topological polar surface area (TPSA) is 94.8 Å². The number of aromatic nitrogens is 1. The summed E-state index contributed by atoms with van der Waals surface area (Å²) in [7, 11) is 0. The molecule has 3 heterocycles. The normalized spacial score (nSPS) is 14.6. The van der Waals surface area contributed by atoms with Crippen molar-refractivity contribution in [3.8, 4) is 22.8 Å². The number of rotatable bonds is 7. The maximum atomic E-state index is 12.7. The van der Waals surface area contributed by atoms with Crippen LogP contribution in [0.1, 0.15) is 35.2 Å². The number of carbonyl (C=O) groups is 2. The van der Waals surface area contributed by atoms with E-state index in [1.54, 1.807) is 12.1 Å². The van der Waals surface area contributed by atoms with E-state index in [-0.39, 0.29) is 5.56 Å². The van der Waals surface area contributed by atoms with E-state index in [4.69, 9.17) is 15.2 Å². The quantitative estimate of drug-likeness (QED) is 0.396. The number of amides is 1. The van der Waals surface area contributed by atoms with Crippen LogP contribution in [0.2, 0.25) is 0 Å². The second-order valence-corrected chi connectivity index (χ2v) is 8.76. The summed E-state index contributed by atoms with van der Waals surface area (Å²) in [4.78, 5) is 28.5. The highest BCUT2D eigenvalue weighted by molar-refractivity contribution is 6.42. The summed E-state index contributed by atoms with van der Waals surface area (Å²) in [5.41, 5.74) is 7.76. The third-order valence-electron chi connectivity index (χ3n) is 6.14. The molecule has 2 aromatic carbocycles. The number of primary amides is 1. The minimum atomic E-state index is -0.998. The van der Waals surface area contributed by atoms with Gasteiger partial charge in [-0.3, -0.25) is 14.6 Å². The van der Waals surface area contributed by atoms with E-state index in [0.29, 0.717) is 18.9 Å². The predicted octanol–water partition coefficient (Wildman–Crippen LogP) is 4.04. The van der Waals surface area contributed by atoms with Gasteiger partial charge in [0.05, 0.1) is 11.9 Å². The number of hydrogen-bond acceptors (Lipinski definition) is 6. The molecule has 36 heavy (non-hydrogen) atoms. The Balaban J connectivity index is 0.000000169. The molecule has 2 aliphatic rings. The van der Waals surface area contributed by atoms with Crippen LogP contribution in [0.4, 0.5) is 4.39 Å². The molecule has 8 heteroatoms. The van der Waals surface area contributed by atoms with Crippen molar-refractivity contribution >= 4 is 11.7 Å². The van der Waals surface area contributed by atoms with E-state index in [2.05, 4.69) is 22.0 Å². The van der Waals surface area contributed by atoms with Crippen molar-refractivity contribution in [3.63, 3.8) is 0 Å². The highest BCUT2D eigenvalue weighted by atomic mass is 19.1. The summed E-state index contributed by atoms with van der Waals surface area (Å²) in [5.74, 6) is -0.347. The highest BCUT2D eigenvalue weighted by Gasteiger charge is 2.14. The number of ether oxygens (including phenoxy) is 2. The molecule has 0 saturated carbocycles. The molecule has 1 fully saturated rings. The van der Waals surface area contributed by atoms with E-state index < -0.39 is 17.5 Å². The van der Waals surface area contributed by atoms with Gasteiger partial charge in [0.2, 0.25) is 5.78 Å². The van der Waals surface area contributed by atoms with Crippen LogP contribution in [0.25, 0.3) is 11.3 Å². The lowest BCUT2D eigenvalue weighted by Crippen LogP contribution is -2.22. The van der Waals surface area contributed by atoms with Gasteiger partial charge in [-0.15, -0.1) is 0 Å². The number of aryl methyl sites for hydroxylation is 1. The van der Waals surface area contributed by atoms with Crippen molar-refractivity contribution in [2.45, 2.75) is 25.7 Å². The largest absolute Gasteiger partial charge is 0.486 e. The lowest BCUT2D eigenvalue weighted by atomic mass is 10.1. The molecule has 0 spiro atoms. The first-order valence-electron chi connectivity index (χ1n) is 12.2. The van der Waals surface area contributed by atoms with Gasteiger partial charge in [-0.1, -0.05) is 30.3 Å². The van der Waals surface area contributed by atoms with Crippen LogP contribution >= 0.6 is 0 Å². The summed E-state index contributed by atoms with van der Waals surface area (Å²) in [6.07, 6.45) is 6.23. The zero-order chi connectivity index (χ0) is 25.3. The fraction of sp³-hybridized carbons (Fsp3) is 0.321. The standard InChI is InChI=1S/C15H21NO2.C13H9FN2O2/c1-2-8-16(7-1)9-3-4-13-5-6-14-15(12-13)18-11-10-17-14;14-10-5-6-11(16-7-10)8-1-3-9(4-2-8)12(17)13(15)18/h5-6,12H,1-4,7-11H2;1-7H,(H2,15,18). The molecule has 1 saturated heterocycles. The van der Waals surface area contributed by atoms with Crippen LogP contribution in [-0.2, 0) is 11.2 Å². The minimum Gasteiger partial charge on any atom is -0.486 e. The van der Waals surface area contributed by atoms with Crippen LogP contribution < -0.4 is 15.2 Å². The summed E-state index contributed by atoms with van der Waals surface area (Å²) >= 11 is 0. The van der Waals surface area contributed by atoms with Crippen LogP contribution in [0.5, 0.6) is 11.5 Å². The molecule has 0 radical (unpaired) electrons. The number of ketones is 1. The fourth-order valence-corrected chi connectivity index (χ4v) is 4.24. The molecule has 0 unspecified atom stereocenters. The Morgan fingerprint density at radius 2 is 1.67 bits per heavy atom. The Morgan fingerprint density at radius 1 is 0.944 bits per heavy atom. The number of likely N-dealkylation sites (tertiary alicyclic amines) is 1. The molecule has 0 aliphatic carbocycles. The van der Waals surface area contributed by atoms with Crippen LogP contribution in [0.15, 0.2) is 60.8 Å². The molecular weight excluding hydrogens is 461 g/mol. The van der Waals surface area contributed by atoms with Crippen LogP contribution in [0.3, 0.4) is 0 Å². The molecule has 3 aromatic rings. The highest BCUT2D eigenvalue weighted by Crippen LogP contribution is 2.31. The summed E-state index contributed by atoms with van der Waals surface area (Å²) < 4.78 is 23.8. The van der Waals surface area contributed by atoms with Gasteiger partial charge in [-0.05, 0) is 75.1 Å². The van der Waals surface area contributed by atoms with Gasteiger partial charge in [0.25, 0.3) is 5.91 Å². The van der Waals surface area contributed by atoms with E-state index >= 15 is 0 Å². The van der Waals surface area contributed by atoms with Crippen LogP contribution in [-0.4, -0.2) is 54.4 Å². The molecule has 2 aliphatic heterocycles. The minimum absolute atomic E-state index is 0.216. The van der Waals surface area contributed by atoms with Crippen molar-refractivity contribution < 1.29 is 23.5 Å². The van der Waals surface area contributed by atoms with Crippen molar-refractivity contribution in [3.05, 3.63) is 77.7 Å².